The highest BCUT2D eigenvalue weighted by molar-refractivity contribution is 5.77. The average Bonchev–Trinajstić information content (AvgIpc) is 3.18. The number of nitrogens with zero attached hydrogens (tertiary/aromatic N) is 4. The van der Waals surface area contributed by atoms with Crippen molar-refractivity contribution >= 4 is 23.0 Å². The summed E-state index contributed by atoms with van der Waals surface area (Å²) < 4.78 is 45.7. The number of carbonyl (C=O) groups excluding carboxylic acids is 1. The standard InChI is InChI=1S/C29H32F3N5O2/c1-20-16-24(8-11-27(20)34-2)36-12-3-13-37(15-14-36)28(38)19-39-25-9-6-22(7-10-25)35-23-5-4-21(18-33)26(17-23)29(30,31)32/h4-5,8,11,16-17,22,25,35H,3,6-7,9-10,12-15,19H2,1H3. The van der Waals surface area contributed by atoms with Gasteiger partial charge >= 0.3 is 6.18 Å². The molecule has 2 aromatic carbocycles. The lowest BCUT2D eigenvalue weighted by Gasteiger charge is -2.30. The molecule has 1 aliphatic heterocycles. The number of ether oxygens (including phenoxy) is 1. The Bertz CT molecular complexity index is 1260. The van der Waals surface area contributed by atoms with Crippen LogP contribution in [0.4, 0.5) is 30.2 Å². The van der Waals surface area contributed by atoms with E-state index in [-0.39, 0.29) is 24.7 Å². The zero-order chi connectivity index (χ0) is 28.0. The summed E-state index contributed by atoms with van der Waals surface area (Å²) in [5.41, 5.74) is 1.67. The highest BCUT2D eigenvalue weighted by atomic mass is 19.4. The van der Waals surface area contributed by atoms with Crippen LogP contribution in [0, 0.1) is 24.8 Å². The van der Waals surface area contributed by atoms with E-state index >= 15 is 0 Å². The van der Waals surface area contributed by atoms with E-state index in [1.54, 1.807) is 6.07 Å². The highest BCUT2D eigenvalue weighted by Crippen LogP contribution is 2.34. The number of rotatable bonds is 6. The summed E-state index contributed by atoms with van der Waals surface area (Å²) in [5, 5.41) is 12.1. The Balaban J connectivity index is 1.22. The molecule has 0 bridgehead atoms. The van der Waals surface area contributed by atoms with Crippen molar-refractivity contribution in [2.24, 2.45) is 0 Å². The lowest BCUT2D eigenvalue weighted by Crippen LogP contribution is -2.39. The van der Waals surface area contributed by atoms with Gasteiger partial charge in [-0.1, -0.05) is 6.07 Å². The smallest absolute Gasteiger partial charge is 0.382 e. The fraction of sp³-hybridized carbons (Fsp3) is 0.483. The van der Waals surface area contributed by atoms with Crippen molar-refractivity contribution in [2.75, 3.05) is 43.0 Å². The van der Waals surface area contributed by atoms with Gasteiger partial charge in [-0.25, -0.2) is 4.85 Å². The van der Waals surface area contributed by atoms with Gasteiger partial charge in [-0.3, -0.25) is 4.79 Å². The van der Waals surface area contributed by atoms with E-state index in [4.69, 9.17) is 16.6 Å². The molecule has 1 saturated carbocycles. The fourth-order valence-electron chi connectivity index (χ4n) is 5.24. The van der Waals surface area contributed by atoms with Crippen molar-refractivity contribution in [3.63, 3.8) is 0 Å². The monoisotopic (exact) mass is 539 g/mol. The van der Waals surface area contributed by atoms with Crippen LogP contribution in [-0.4, -0.2) is 55.7 Å². The van der Waals surface area contributed by atoms with Gasteiger partial charge in [-0.2, -0.15) is 18.4 Å². The third kappa shape index (κ3) is 7.21. The number of hydrogen-bond acceptors (Lipinski definition) is 5. The Kier molecular flexibility index (Phi) is 8.98. The molecular weight excluding hydrogens is 507 g/mol. The molecule has 0 spiro atoms. The summed E-state index contributed by atoms with van der Waals surface area (Å²) >= 11 is 0. The van der Waals surface area contributed by atoms with Crippen molar-refractivity contribution < 1.29 is 22.7 Å². The van der Waals surface area contributed by atoms with Gasteiger partial charge in [0.15, 0.2) is 5.69 Å². The second-order valence-electron chi connectivity index (χ2n) is 10.1. The Hall–Kier alpha value is -3.76. The van der Waals surface area contributed by atoms with Crippen molar-refractivity contribution in [1.29, 1.82) is 5.26 Å². The Labute approximate surface area is 227 Å². The molecule has 1 amide bonds. The molecule has 206 valence electrons. The summed E-state index contributed by atoms with van der Waals surface area (Å²) in [4.78, 5) is 20.5. The van der Waals surface area contributed by atoms with Gasteiger partial charge in [0.2, 0.25) is 5.91 Å². The van der Waals surface area contributed by atoms with Crippen LogP contribution in [0.15, 0.2) is 36.4 Å². The number of halogens is 3. The van der Waals surface area contributed by atoms with Gasteiger partial charge in [0.1, 0.15) is 6.61 Å². The fourth-order valence-corrected chi connectivity index (χ4v) is 5.24. The predicted octanol–water partition coefficient (Wildman–Crippen LogP) is 5.91. The number of alkyl halides is 3. The second kappa shape index (κ2) is 12.4. The number of nitrogens with one attached hydrogen (secondary N) is 1. The number of hydrogen-bond donors (Lipinski definition) is 1. The summed E-state index contributed by atoms with van der Waals surface area (Å²) in [5.74, 6) is -0.0334. The summed E-state index contributed by atoms with van der Waals surface area (Å²) in [6, 6.07) is 11.1. The van der Waals surface area contributed by atoms with Crippen LogP contribution in [0.3, 0.4) is 0 Å². The van der Waals surface area contributed by atoms with Crippen LogP contribution in [-0.2, 0) is 15.7 Å². The van der Waals surface area contributed by atoms with Crippen LogP contribution >= 0.6 is 0 Å². The summed E-state index contributed by atoms with van der Waals surface area (Å²) in [6.07, 6.45) is -0.962. The quantitative estimate of drug-likeness (QED) is 0.462. The molecule has 0 aromatic heterocycles. The molecule has 0 atom stereocenters. The predicted molar refractivity (Wildman–Crippen MR) is 143 cm³/mol. The minimum absolute atomic E-state index is 0.00125. The maximum atomic E-state index is 13.3. The first-order valence-electron chi connectivity index (χ1n) is 13.2. The Morgan fingerprint density at radius 3 is 2.56 bits per heavy atom. The number of anilines is 2. The highest BCUT2D eigenvalue weighted by Gasteiger charge is 2.34. The van der Waals surface area contributed by atoms with Gasteiger partial charge in [-0.05, 0) is 74.9 Å². The van der Waals surface area contributed by atoms with Gasteiger partial charge in [0.05, 0.1) is 29.9 Å². The zero-order valence-electron chi connectivity index (χ0n) is 21.9. The molecule has 0 unspecified atom stereocenters. The maximum absolute atomic E-state index is 13.3. The molecule has 7 nitrogen and oxygen atoms in total. The lowest BCUT2D eigenvalue weighted by molar-refractivity contribution is -0.139. The van der Waals surface area contributed by atoms with Crippen molar-refractivity contribution in [2.45, 2.75) is 57.3 Å². The molecule has 2 aromatic rings. The van der Waals surface area contributed by atoms with E-state index in [1.165, 1.54) is 12.1 Å². The number of nitriles is 1. The second-order valence-corrected chi connectivity index (χ2v) is 10.1. The number of benzene rings is 2. The number of amides is 1. The van der Waals surface area contributed by atoms with Crippen LogP contribution < -0.4 is 10.2 Å². The van der Waals surface area contributed by atoms with Crippen LogP contribution in [0.1, 0.15) is 48.8 Å². The van der Waals surface area contributed by atoms with Gasteiger partial charge in [0, 0.05) is 43.6 Å². The van der Waals surface area contributed by atoms with Crippen LogP contribution in [0.2, 0.25) is 0 Å². The molecule has 2 aliphatic rings. The first kappa shape index (κ1) is 28.3. The van der Waals surface area contributed by atoms with Gasteiger partial charge < -0.3 is 19.9 Å². The third-order valence-corrected chi connectivity index (χ3v) is 7.45. The largest absolute Gasteiger partial charge is 0.417 e. The van der Waals surface area contributed by atoms with E-state index in [0.29, 0.717) is 56.7 Å². The molecule has 1 N–H and O–H groups in total. The van der Waals surface area contributed by atoms with Crippen molar-refractivity contribution in [3.8, 4) is 6.07 Å². The summed E-state index contributed by atoms with van der Waals surface area (Å²) in [7, 11) is 0. The van der Waals surface area contributed by atoms with Crippen molar-refractivity contribution in [1.82, 2.24) is 4.90 Å². The van der Waals surface area contributed by atoms with E-state index in [0.717, 1.165) is 30.3 Å². The van der Waals surface area contributed by atoms with E-state index < -0.39 is 17.3 Å². The molecule has 0 radical (unpaired) electrons. The van der Waals surface area contributed by atoms with Crippen LogP contribution in [0.25, 0.3) is 4.85 Å². The molecular formula is C29H32F3N5O2. The maximum Gasteiger partial charge on any atom is 0.417 e. The van der Waals surface area contributed by atoms with Crippen molar-refractivity contribution in [3.05, 3.63) is 64.5 Å². The van der Waals surface area contributed by atoms with E-state index in [2.05, 4.69) is 15.1 Å². The molecule has 39 heavy (non-hydrogen) atoms. The first-order chi connectivity index (χ1) is 18.7. The topological polar surface area (TPSA) is 73.0 Å². The molecule has 1 saturated heterocycles. The van der Waals surface area contributed by atoms with E-state index in [9.17, 15) is 18.0 Å². The molecule has 1 heterocycles. The minimum atomic E-state index is -4.59. The number of aryl methyl sites for hydroxylation is 1. The molecule has 4 rings (SSSR count). The van der Waals surface area contributed by atoms with Gasteiger partial charge in [0.25, 0.3) is 0 Å². The minimum Gasteiger partial charge on any atom is -0.382 e. The lowest BCUT2D eigenvalue weighted by atomic mass is 9.92. The van der Waals surface area contributed by atoms with E-state index in [1.807, 2.05) is 30.0 Å². The third-order valence-electron chi connectivity index (χ3n) is 7.45. The first-order valence-corrected chi connectivity index (χ1v) is 13.2. The molecule has 1 aliphatic carbocycles. The molecule has 2 fully saturated rings. The normalized spacial score (nSPS) is 20.1. The number of carbonyl (C=O) groups is 1. The average molecular weight is 540 g/mol. The van der Waals surface area contributed by atoms with Crippen LogP contribution in [0.5, 0.6) is 0 Å². The SMILES string of the molecule is [C-]#[N+]c1ccc(N2CCCN(C(=O)COC3CCC(Nc4ccc(C#N)c(C(F)(F)F)c4)CC3)CC2)cc1C. The van der Waals surface area contributed by atoms with Gasteiger partial charge in [-0.15, -0.1) is 0 Å². The zero-order valence-corrected chi connectivity index (χ0v) is 21.9. The molecule has 10 heteroatoms. The Morgan fingerprint density at radius 1 is 1.13 bits per heavy atom. The summed E-state index contributed by atoms with van der Waals surface area (Å²) in [6.45, 7) is 12.0. The Morgan fingerprint density at radius 2 is 1.90 bits per heavy atom.